The molecule has 3 nitrogen and oxygen atoms in total. The minimum Gasteiger partial charge on any atom is -0.414 e. The molecule has 1 N–H and O–H groups in total. The number of hydrogen-bond acceptors (Lipinski definition) is 3. The summed E-state index contributed by atoms with van der Waals surface area (Å²) in [6, 6.07) is 0. The fraction of sp³-hybridized carbons (Fsp3) is 1.00. The van der Waals surface area contributed by atoms with Crippen molar-refractivity contribution in [1.29, 1.82) is 0 Å². The molecule has 3 fully saturated rings. The molecule has 170 valence electrons. The van der Waals surface area contributed by atoms with Crippen molar-refractivity contribution in [2.45, 2.75) is 129 Å². The number of hydrogen-bond donors (Lipinski definition) is 1. The molecule has 29 heavy (non-hydrogen) atoms. The average molecular weight is 425 g/mol. The Kier molecular flexibility index (Phi) is 6.73. The predicted molar refractivity (Wildman–Crippen MR) is 124 cm³/mol. The maximum absolute atomic E-state index is 10.5. The van der Waals surface area contributed by atoms with Gasteiger partial charge in [0, 0.05) is 6.10 Å². The van der Waals surface area contributed by atoms with Crippen molar-refractivity contribution in [3.63, 3.8) is 0 Å². The van der Waals surface area contributed by atoms with Crippen LogP contribution in [-0.2, 0) is 9.16 Å². The molecular formula is C25H48O3Si. The molecular weight excluding hydrogens is 376 g/mol. The molecule has 2 aliphatic carbocycles. The normalized spacial score (nSPS) is 38.4. The lowest BCUT2D eigenvalue weighted by Gasteiger charge is -2.50. The van der Waals surface area contributed by atoms with Crippen molar-refractivity contribution in [3.05, 3.63) is 0 Å². The first kappa shape index (κ1) is 23.8. The van der Waals surface area contributed by atoms with Gasteiger partial charge in [-0.05, 0) is 80.3 Å². The van der Waals surface area contributed by atoms with Crippen molar-refractivity contribution in [2.75, 3.05) is 6.61 Å². The second-order valence-corrected chi connectivity index (χ2v) is 17.4. The van der Waals surface area contributed by atoms with Gasteiger partial charge in [-0.3, -0.25) is 0 Å². The molecule has 0 aromatic heterocycles. The summed E-state index contributed by atoms with van der Waals surface area (Å²) in [5, 5.41) is 10.8. The fourth-order valence-corrected chi connectivity index (χ4v) is 7.73. The molecule has 3 aliphatic rings. The van der Waals surface area contributed by atoms with Gasteiger partial charge in [-0.25, -0.2) is 0 Å². The first-order valence-corrected chi connectivity index (χ1v) is 15.2. The van der Waals surface area contributed by atoms with E-state index in [0.717, 1.165) is 37.2 Å². The molecule has 0 bridgehead atoms. The Morgan fingerprint density at radius 2 is 1.83 bits per heavy atom. The Balaban J connectivity index is 1.60. The quantitative estimate of drug-likeness (QED) is 0.355. The number of rotatable bonds is 8. The third-order valence-electron chi connectivity index (χ3n) is 9.44. The molecule has 0 spiro atoms. The van der Waals surface area contributed by atoms with Crippen LogP contribution in [0.4, 0.5) is 0 Å². The Bertz CT molecular complexity index is 563. The second-order valence-electron chi connectivity index (χ2n) is 12.7. The van der Waals surface area contributed by atoms with Crippen LogP contribution < -0.4 is 0 Å². The Morgan fingerprint density at radius 3 is 2.41 bits per heavy atom. The van der Waals surface area contributed by atoms with Crippen LogP contribution >= 0.6 is 0 Å². The van der Waals surface area contributed by atoms with E-state index >= 15 is 0 Å². The lowest BCUT2D eigenvalue weighted by Crippen LogP contribution is -2.50. The average Bonchev–Trinajstić information content (AvgIpc) is 3.36. The molecule has 4 heteroatoms. The van der Waals surface area contributed by atoms with E-state index in [1.54, 1.807) is 0 Å². The van der Waals surface area contributed by atoms with Gasteiger partial charge in [-0.1, -0.05) is 53.9 Å². The topological polar surface area (TPSA) is 42.0 Å². The summed E-state index contributed by atoms with van der Waals surface area (Å²) in [4.78, 5) is 0. The molecule has 0 unspecified atom stereocenters. The zero-order valence-corrected chi connectivity index (χ0v) is 21.5. The fourth-order valence-electron chi connectivity index (χ4n) is 6.34. The predicted octanol–water partition coefficient (Wildman–Crippen LogP) is 6.55. The van der Waals surface area contributed by atoms with Crippen molar-refractivity contribution < 1.29 is 14.3 Å². The summed E-state index contributed by atoms with van der Waals surface area (Å²) in [6.45, 7) is 19.7. The second kappa shape index (κ2) is 8.22. The zero-order chi connectivity index (χ0) is 21.7. The van der Waals surface area contributed by atoms with Crippen LogP contribution in [0.2, 0.25) is 18.1 Å². The van der Waals surface area contributed by atoms with E-state index in [1.165, 1.54) is 38.5 Å². The highest BCUT2D eigenvalue weighted by atomic mass is 28.4. The van der Waals surface area contributed by atoms with Crippen LogP contribution in [0.3, 0.4) is 0 Å². The van der Waals surface area contributed by atoms with E-state index in [2.05, 4.69) is 47.7 Å². The van der Waals surface area contributed by atoms with Crippen LogP contribution in [0.15, 0.2) is 0 Å². The third kappa shape index (κ3) is 4.96. The highest BCUT2D eigenvalue weighted by molar-refractivity contribution is 6.74. The Hall–Kier alpha value is 0.0969. The van der Waals surface area contributed by atoms with Gasteiger partial charge in [0.2, 0.25) is 0 Å². The molecule has 1 aliphatic heterocycles. The van der Waals surface area contributed by atoms with Gasteiger partial charge in [0.1, 0.15) is 6.10 Å². The van der Waals surface area contributed by atoms with Gasteiger partial charge in [-0.15, -0.1) is 0 Å². The highest BCUT2D eigenvalue weighted by Gasteiger charge is 2.54. The summed E-state index contributed by atoms with van der Waals surface area (Å²) < 4.78 is 12.3. The smallest absolute Gasteiger partial charge is 0.192 e. The highest BCUT2D eigenvalue weighted by Crippen LogP contribution is 2.59. The number of epoxide rings is 1. The van der Waals surface area contributed by atoms with Crippen LogP contribution in [0.1, 0.15) is 92.9 Å². The van der Waals surface area contributed by atoms with Crippen LogP contribution in [-0.4, -0.2) is 37.8 Å². The van der Waals surface area contributed by atoms with E-state index in [1.807, 2.05) is 6.92 Å². The maximum atomic E-state index is 10.5. The molecule has 3 rings (SSSR count). The molecule has 7 atom stereocenters. The zero-order valence-electron chi connectivity index (χ0n) is 20.5. The van der Waals surface area contributed by atoms with Crippen LogP contribution in [0, 0.1) is 23.2 Å². The van der Waals surface area contributed by atoms with E-state index in [-0.39, 0.29) is 11.1 Å². The molecule has 0 aromatic carbocycles. The first-order valence-electron chi connectivity index (χ1n) is 12.3. The van der Waals surface area contributed by atoms with Crippen molar-refractivity contribution in [2.24, 2.45) is 23.2 Å². The molecule has 0 radical (unpaired) electrons. The Morgan fingerprint density at radius 1 is 1.17 bits per heavy atom. The first-order chi connectivity index (χ1) is 13.3. The van der Waals surface area contributed by atoms with Crippen molar-refractivity contribution in [1.82, 2.24) is 0 Å². The van der Waals surface area contributed by atoms with E-state index in [4.69, 9.17) is 9.16 Å². The lowest BCUT2D eigenvalue weighted by atomic mass is 9.61. The minimum atomic E-state index is -1.72. The van der Waals surface area contributed by atoms with Crippen molar-refractivity contribution in [3.8, 4) is 0 Å². The summed E-state index contributed by atoms with van der Waals surface area (Å²) in [7, 11) is -1.72. The van der Waals surface area contributed by atoms with Crippen LogP contribution in [0.25, 0.3) is 0 Å². The largest absolute Gasteiger partial charge is 0.414 e. The monoisotopic (exact) mass is 424 g/mol. The molecule has 2 saturated carbocycles. The molecule has 0 aromatic rings. The van der Waals surface area contributed by atoms with Gasteiger partial charge in [0.15, 0.2) is 8.32 Å². The third-order valence-corrected chi connectivity index (χ3v) is 13.9. The van der Waals surface area contributed by atoms with E-state index in [0.29, 0.717) is 11.5 Å². The number of ether oxygens (including phenoxy) is 1. The molecule has 1 saturated heterocycles. The number of fused-ring (bicyclic) bond motifs is 1. The Labute approximate surface area is 181 Å². The van der Waals surface area contributed by atoms with Gasteiger partial charge >= 0.3 is 0 Å². The minimum absolute atomic E-state index is 0.0813. The summed E-state index contributed by atoms with van der Waals surface area (Å²) in [6.07, 6.45) is 10.4. The van der Waals surface area contributed by atoms with E-state index in [9.17, 15) is 5.11 Å². The van der Waals surface area contributed by atoms with Gasteiger partial charge < -0.3 is 14.3 Å². The maximum Gasteiger partial charge on any atom is 0.192 e. The summed E-state index contributed by atoms with van der Waals surface area (Å²) >= 11 is 0. The lowest BCUT2D eigenvalue weighted by molar-refractivity contribution is -0.0227. The summed E-state index contributed by atoms with van der Waals surface area (Å²) in [5.74, 6) is 2.27. The van der Waals surface area contributed by atoms with Gasteiger partial charge in [0.25, 0.3) is 0 Å². The SMILES string of the molecule is C[C@H](CCC[C@@](C)(O)[C@@H]1CO1)[C@H]1CC[C@H]2[C@@H](O[Si](C)(C)C(C)(C)C)CCC[C@]12C. The van der Waals surface area contributed by atoms with E-state index < -0.39 is 13.9 Å². The summed E-state index contributed by atoms with van der Waals surface area (Å²) in [5.41, 5.74) is -0.193. The molecule has 0 amide bonds. The standard InChI is InChI=1S/C25H48O3Si/c1-18(11-9-16-25(6,26)22-17-27-22)19-13-14-20-21(12-10-15-24(19,20)5)28-29(7,8)23(2,3)4/h18-22,26H,9-17H2,1-8H3/t18-,19-,20+,21+,22+,24-,25-/m1/s1. The van der Waals surface area contributed by atoms with Crippen molar-refractivity contribution >= 4 is 8.32 Å². The van der Waals surface area contributed by atoms with Crippen LogP contribution in [0.5, 0.6) is 0 Å². The van der Waals surface area contributed by atoms with Gasteiger partial charge in [-0.2, -0.15) is 0 Å². The molecule has 1 heterocycles. The number of aliphatic hydroxyl groups is 1. The van der Waals surface area contributed by atoms with Gasteiger partial charge in [0.05, 0.1) is 12.2 Å².